The van der Waals surface area contributed by atoms with Crippen LogP contribution in [0.25, 0.3) is 22.6 Å². The SMILES string of the molecule is CCc1c(-c2cc(N)ncn2)nn(C)c1-c1ccc(F)cc1. The third-order valence-corrected chi connectivity index (χ3v) is 3.55. The molecule has 22 heavy (non-hydrogen) atoms. The van der Waals surface area contributed by atoms with Crippen molar-refractivity contribution in [3.05, 3.63) is 48.0 Å². The van der Waals surface area contributed by atoms with Gasteiger partial charge < -0.3 is 5.73 Å². The van der Waals surface area contributed by atoms with Gasteiger partial charge in [-0.1, -0.05) is 6.92 Å². The number of nitrogen functional groups attached to an aromatic ring is 1. The van der Waals surface area contributed by atoms with Crippen LogP contribution in [0.2, 0.25) is 0 Å². The number of aryl methyl sites for hydroxylation is 1. The van der Waals surface area contributed by atoms with Gasteiger partial charge in [-0.25, -0.2) is 14.4 Å². The summed E-state index contributed by atoms with van der Waals surface area (Å²) < 4.78 is 14.9. The quantitative estimate of drug-likeness (QED) is 0.807. The number of halogens is 1. The minimum Gasteiger partial charge on any atom is -0.384 e. The molecule has 0 atom stereocenters. The zero-order chi connectivity index (χ0) is 15.7. The molecule has 3 rings (SSSR count). The first-order valence-corrected chi connectivity index (χ1v) is 7.00. The summed E-state index contributed by atoms with van der Waals surface area (Å²) in [7, 11) is 1.87. The van der Waals surface area contributed by atoms with Gasteiger partial charge in [-0.3, -0.25) is 4.68 Å². The summed E-state index contributed by atoms with van der Waals surface area (Å²) in [4.78, 5) is 8.16. The van der Waals surface area contributed by atoms with Crippen LogP contribution >= 0.6 is 0 Å². The third-order valence-electron chi connectivity index (χ3n) is 3.55. The molecule has 0 saturated carbocycles. The molecular weight excluding hydrogens is 281 g/mol. The number of hydrogen-bond donors (Lipinski definition) is 1. The molecule has 0 spiro atoms. The highest BCUT2D eigenvalue weighted by molar-refractivity contribution is 5.73. The van der Waals surface area contributed by atoms with Gasteiger partial charge in [0, 0.05) is 24.2 Å². The van der Waals surface area contributed by atoms with Gasteiger partial charge in [0.25, 0.3) is 0 Å². The smallest absolute Gasteiger partial charge is 0.127 e. The molecule has 0 radical (unpaired) electrons. The third kappa shape index (κ3) is 2.43. The molecule has 0 amide bonds. The average Bonchev–Trinajstić information content (AvgIpc) is 2.85. The van der Waals surface area contributed by atoms with Crippen LogP contribution in [0.1, 0.15) is 12.5 Å². The maximum absolute atomic E-state index is 13.1. The Morgan fingerprint density at radius 1 is 1.18 bits per heavy atom. The molecule has 0 aliphatic carbocycles. The number of benzene rings is 1. The van der Waals surface area contributed by atoms with E-state index in [0.717, 1.165) is 28.9 Å². The summed E-state index contributed by atoms with van der Waals surface area (Å²) in [5.74, 6) is 0.147. The fourth-order valence-corrected chi connectivity index (χ4v) is 2.58. The summed E-state index contributed by atoms with van der Waals surface area (Å²) in [6, 6.07) is 8.11. The molecule has 0 aliphatic heterocycles. The van der Waals surface area contributed by atoms with E-state index in [1.807, 2.05) is 7.05 Å². The molecule has 6 heteroatoms. The van der Waals surface area contributed by atoms with E-state index < -0.39 is 0 Å². The van der Waals surface area contributed by atoms with Gasteiger partial charge in [-0.05, 0) is 30.7 Å². The lowest BCUT2D eigenvalue weighted by atomic mass is 10.0. The molecule has 5 nitrogen and oxygen atoms in total. The standard InChI is InChI=1S/C16H16FN5/c1-3-12-15(13-8-14(18)20-9-19-13)21-22(2)16(12)10-4-6-11(17)7-5-10/h4-9H,3H2,1-2H3,(H2,18,19,20). The van der Waals surface area contributed by atoms with Crippen molar-refractivity contribution < 1.29 is 4.39 Å². The lowest BCUT2D eigenvalue weighted by molar-refractivity contribution is 0.628. The maximum atomic E-state index is 13.1. The van der Waals surface area contributed by atoms with Crippen molar-refractivity contribution >= 4 is 5.82 Å². The van der Waals surface area contributed by atoms with Crippen molar-refractivity contribution in [2.75, 3.05) is 5.73 Å². The zero-order valence-electron chi connectivity index (χ0n) is 12.4. The van der Waals surface area contributed by atoms with Crippen LogP contribution < -0.4 is 5.73 Å². The average molecular weight is 297 g/mol. The van der Waals surface area contributed by atoms with Crippen LogP contribution in [0.4, 0.5) is 10.2 Å². The highest BCUT2D eigenvalue weighted by atomic mass is 19.1. The van der Waals surface area contributed by atoms with Crippen LogP contribution in [0, 0.1) is 5.82 Å². The van der Waals surface area contributed by atoms with E-state index in [2.05, 4.69) is 22.0 Å². The Morgan fingerprint density at radius 2 is 1.91 bits per heavy atom. The molecule has 1 aromatic carbocycles. The molecule has 0 saturated heterocycles. The van der Waals surface area contributed by atoms with E-state index in [0.29, 0.717) is 11.5 Å². The molecule has 3 aromatic rings. The molecule has 2 heterocycles. The van der Waals surface area contributed by atoms with E-state index in [1.165, 1.54) is 18.5 Å². The number of hydrogen-bond acceptors (Lipinski definition) is 4. The summed E-state index contributed by atoms with van der Waals surface area (Å²) in [6.45, 7) is 2.05. The van der Waals surface area contributed by atoms with E-state index in [9.17, 15) is 4.39 Å². The Balaban J connectivity index is 2.19. The number of aromatic nitrogens is 4. The second-order valence-electron chi connectivity index (χ2n) is 4.99. The number of rotatable bonds is 3. The molecule has 0 bridgehead atoms. The minimum atomic E-state index is -0.257. The molecular formula is C16H16FN5. The second-order valence-corrected chi connectivity index (χ2v) is 4.99. The first-order valence-electron chi connectivity index (χ1n) is 7.00. The van der Waals surface area contributed by atoms with Crippen LogP contribution in [0.5, 0.6) is 0 Å². The molecule has 0 unspecified atom stereocenters. The molecule has 2 N–H and O–H groups in total. The fourth-order valence-electron chi connectivity index (χ4n) is 2.58. The predicted octanol–water partition coefficient (Wildman–Crippen LogP) is 2.83. The summed E-state index contributed by atoms with van der Waals surface area (Å²) >= 11 is 0. The van der Waals surface area contributed by atoms with Crippen LogP contribution in [-0.2, 0) is 13.5 Å². The summed E-state index contributed by atoms with van der Waals surface area (Å²) in [6.07, 6.45) is 2.20. The fraction of sp³-hybridized carbons (Fsp3) is 0.188. The van der Waals surface area contributed by atoms with Crippen LogP contribution in [0.3, 0.4) is 0 Å². The van der Waals surface area contributed by atoms with Gasteiger partial charge in [-0.15, -0.1) is 0 Å². The molecule has 0 fully saturated rings. The van der Waals surface area contributed by atoms with Gasteiger partial charge in [0.15, 0.2) is 0 Å². The Hall–Kier alpha value is -2.76. The zero-order valence-corrected chi connectivity index (χ0v) is 12.4. The highest BCUT2D eigenvalue weighted by Crippen LogP contribution is 2.31. The number of nitrogens with zero attached hydrogens (tertiary/aromatic N) is 4. The monoisotopic (exact) mass is 297 g/mol. The van der Waals surface area contributed by atoms with E-state index in [1.54, 1.807) is 22.9 Å². The Bertz CT molecular complexity index is 808. The second kappa shape index (κ2) is 5.55. The van der Waals surface area contributed by atoms with E-state index in [-0.39, 0.29) is 5.82 Å². The first kappa shape index (κ1) is 14.2. The van der Waals surface area contributed by atoms with Crippen molar-refractivity contribution in [3.63, 3.8) is 0 Å². The van der Waals surface area contributed by atoms with Crippen molar-refractivity contribution in [2.45, 2.75) is 13.3 Å². The highest BCUT2D eigenvalue weighted by Gasteiger charge is 2.18. The lowest BCUT2D eigenvalue weighted by Crippen LogP contribution is -1.95. The van der Waals surface area contributed by atoms with Gasteiger partial charge in [-0.2, -0.15) is 5.10 Å². The van der Waals surface area contributed by atoms with Gasteiger partial charge in [0.2, 0.25) is 0 Å². The van der Waals surface area contributed by atoms with Gasteiger partial charge >= 0.3 is 0 Å². The predicted molar refractivity (Wildman–Crippen MR) is 83.4 cm³/mol. The van der Waals surface area contributed by atoms with Crippen LogP contribution in [-0.4, -0.2) is 19.7 Å². The molecule has 0 aliphatic rings. The van der Waals surface area contributed by atoms with Crippen LogP contribution in [0.15, 0.2) is 36.7 Å². The minimum absolute atomic E-state index is 0.257. The van der Waals surface area contributed by atoms with Gasteiger partial charge in [0.1, 0.15) is 23.7 Å². The number of anilines is 1. The number of nitrogens with two attached hydrogens (primary N) is 1. The largest absolute Gasteiger partial charge is 0.384 e. The van der Waals surface area contributed by atoms with E-state index >= 15 is 0 Å². The van der Waals surface area contributed by atoms with Crippen molar-refractivity contribution in [3.8, 4) is 22.6 Å². The van der Waals surface area contributed by atoms with Crippen molar-refractivity contribution in [1.82, 2.24) is 19.7 Å². The van der Waals surface area contributed by atoms with E-state index in [4.69, 9.17) is 5.73 Å². The molecule has 2 aromatic heterocycles. The normalized spacial score (nSPS) is 10.9. The Kier molecular flexibility index (Phi) is 3.58. The van der Waals surface area contributed by atoms with Gasteiger partial charge in [0.05, 0.1) is 11.4 Å². The summed E-state index contributed by atoms with van der Waals surface area (Å²) in [5.41, 5.74) is 10.1. The van der Waals surface area contributed by atoms with Crippen molar-refractivity contribution in [1.29, 1.82) is 0 Å². The van der Waals surface area contributed by atoms with Crippen molar-refractivity contribution in [2.24, 2.45) is 7.05 Å². The lowest BCUT2D eigenvalue weighted by Gasteiger charge is -2.06. The topological polar surface area (TPSA) is 69.6 Å². The first-order chi connectivity index (χ1) is 10.6. The Morgan fingerprint density at radius 3 is 2.55 bits per heavy atom. The summed E-state index contributed by atoms with van der Waals surface area (Å²) in [5, 5.41) is 4.57. The maximum Gasteiger partial charge on any atom is 0.127 e. The molecule has 112 valence electrons. The Labute approximate surface area is 127 Å².